The normalized spacial score (nSPS) is 13.6. The maximum Gasteiger partial charge on any atom is 0.0615 e. The second-order valence-electron chi connectivity index (χ2n) is 3.53. The minimum atomic E-state index is 0.536. The summed E-state index contributed by atoms with van der Waals surface area (Å²) in [5.74, 6) is 0. The third-order valence-corrected chi connectivity index (χ3v) is 2.87. The van der Waals surface area contributed by atoms with Gasteiger partial charge in [-0.1, -0.05) is 22.4 Å². The first kappa shape index (κ1) is 13.4. The number of hydrogen-bond acceptors (Lipinski definition) is 2. The molecule has 0 rings (SSSR count). The SMILES string of the molecule is COCC(C)N(C)CCCCCBr. The van der Waals surface area contributed by atoms with Gasteiger partial charge in [0.05, 0.1) is 6.61 Å². The van der Waals surface area contributed by atoms with Crippen LogP contribution in [-0.2, 0) is 4.74 Å². The molecule has 2 nitrogen and oxygen atoms in total. The van der Waals surface area contributed by atoms with E-state index in [0.717, 1.165) is 11.9 Å². The fourth-order valence-corrected chi connectivity index (χ4v) is 1.62. The summed E-state index contributed by atoms with van der Waals surface area (Å²) in [6, 6.07) is 0.536. The van der Waals surface area contributed by atoms with Crippen LogP contribution in [-0.4, -0.2) is 43.6 Å². The van der Waals surface area contributed by atoms with Crippen LogP contribution >= 0.6 is 15.9 Å². The zero-order valence-electron chi connectivity index (χ0n) is 9.05. The quantitative estimate of drug-likeness (QED) is 0.486. The molecule has 80 valence electrons. The first-order valence-electron chi connectivity index (χ1n) is 4.97. The van der Waals surface area contributed by atoms with Crippen LogP contribution in [0.25, 0.3) is 0 Å². The molecule has 0 amide bonds. The molecular formula is C10H22BrNO. The molecule has 0 spiro atoms. The third-order valence-electron chi connectivity index (χ3n) is 2.30. The lowest BCUT2D eigenvalue weighted by Crippen LogP contribution is -2.33. The number of halogens is 1. The van der Waals surface area contributed by atoms with Gasteiger partial charge in [-0.15, -0.1) is 0 Å². The molecule has 1 atom stereocenters. The highest BCUT2D eigenvalue weighted by Gasteiger charge is 2.07. The van der Waals surface area contributed by atoms with E-state index < -0.39 is 0 Å². The second kappa shape index (κ2) is 8.97. The molecule has 0 aliphatic heterocycles. The largest absolute Gasteiger partial charge is 0.383 e. The summed E-state index contributed by atoms with van der Waals surface area (Å²) in [5.41, 5.74) is 0. The minimum absolute atomic E-state index is 0.536. The van der Waals surface area contributed by atoms with Crippen LogP contribution in [0.4, 0.5) is 0 Å². The summed E-state index contributed by atoms with van der Waals surface area (Å²) in [6.45, 7) is 4.21. The molecule has 0 radical (unpaired) electrons. The van der Waals surface area contributed by atoms with Gasteiger partial charge < -0.3 is 9.64 Å². The molecule has 1 unspecified atom stereocenters. The van der Waals surface area contributed by atoms with Crippen molar-refractivity contribution < 1.29 is 4.74 Å². The highest BCUT2D eigenvalue weighted by Crippen LogP contribution is 2.02. The van der Waals surface area contributed by atoms with Crippen molar-refractivity contribution in [2.45, 2.75) is 32.2 Å². The van der Waals surface area contributed by atoms with E-state index >= 15 is 0 Å². The smallest absolute Gasteiger partial charge is 0.0615 e. The van der Waals surface area contributed by atoms with Crippen LogP contribution in [0.3, 0.4) is 0 Å². The standard InChI is InChI=1S/C10H22BrNO/c1-10(9-13-3)12(2)8-6-4-5-7-11/h10H,4-9H2,1-3H3. The van der Waals surface area contributed by atoms with E-state index in [1.54, 1.807) is 7.11 Å². The first-order chi connectivity index (χ1) is 6.22. The Balaban J connectivity index is 3.32. The summed E-state index contributed by atoms with van der Waals surface area (Å²) in [4.78, 5) is 2.36. The maximum absolute atomic E-state index is 5.10. The molecule has 0 saturated carbocycles. The highest BCUT2D eigenvalue weighted by molar-refractivity contribution is 9.09. The summed E-state index contributed by atoms with van der Waals surface area (Å²) < 4.78 is 5.10. The molecule has 0 aromatic heterocycles. The average Bonchev–Trinajstić information content (AvgIpc) is 2.12. The Morgan fingerprint density at radius 1 is 1.31 bits per heavy atom. The molecule has 0 heterocycles. The highest BCUT2D eigenvalue weighted by atomic mass is 79.9. The lowest BCUT2D eigenvalue weighted by Gasteiger charge is -2.23. The summed E-state index contributed by atoms with van der Waals surface area (Å²) in [5, 5.41) is 1.13. The molecule has 0 aromatic rings. The van der Waals surface area contributed by atoms with E-state index in [4.69, 9.17) is 4.74 Å². The Labute approximate surface area is 90.8 Å². The summed E-state index contributed by atoms with van der Waals surface area (Å²) >= 11 is 3.44. The predicted octanol–water partition coefficient (Wildman–Crippen LogP) is 2.52. The number of rotatable bonds is 8. The number of methoxy groups -OCH3 is 1. The summed E-state index contributed by atoms with van der Waals surface area (Å²) in [6.07, 6.45) is 3.89. The Morgan fingerprint density at radius 2 is 2.00 bits per heavy atom. The molecular weight excluding hydrogens is 230 g/mol. The Hall–Kier alpha value is 0.400. The van der Waals surface area contributed by atoms with Crippen molar-refractivity contribution in [1.29, 1.82) is 0 Å². The van der Waals surface area contributed by atoms with Gasteiger partial charge in [0.15, 0.2) is 0 Å². The second-order valence-corrected chi connectivity index (χ2v) is 4.33. The predicted molar refractivity (Wildman–Crippen MR) is 61.6 cm³/mol. The van der Waals surface area contributed by atoms with E-state index in [1.165, 1.54) is 25.8 Å². The van der Waals surface area contributed by atoms with E-state index in [1.807, 2.05) is 0 Å². The van der Waals surface area contributed by atoms with E-state index in [9.17, 15) is 0 Å². The van der Waals surface area contributed by atoms with Crippen molar-refractivity contribution >= 4 is 15.9 Å². The van der Waals surface area contributed by atoms with Gasteiger partial charge in [0.25, 0.3) is 0 Å². The van der Waals surface area contributed by atoms with Crippen LogP contribution in [0.2, 0.25) is 0 Å². The van der Waals surface area contributed by atoms with Gasteiger partial charge in [-0.25, -0.2) is 0 Å². The number of likely N-dealkylation sites (N-methyl/N-ethyl adjacent to an activating group) is 1. The minimum Gasteiger partial charge on any atom is -0.383 e. The molecule has 0 aliphatic rings. The van der Waals surface area contributed by atoms with Crippen molar-refractivity contribution in [3.05, 3.63) is 0 Å². The lowest BCUT2D eigenvalue weighted by molar-refractivity contribution is 0.114. The molecule has 0 fully saturated rings. The number of hydrogen-bond donors (Lipinski definition) is 0. The van der Waals surface area contributed by atoms with Gasteiger partial charge in [-0.3, -0.25) is 0 Å². The monoisotopic (exact) mass is 251 g/mol. The third kappa shape index (κ3) is 7.47. The van der Waals surface area contributed by atoms with Crippen molar-refractivity contribution in [2.75, 3.05) is 32.6 Å². The van der Waals surface area contributed by atoms with Crippen LogP contribution in [0, 0.1) is 0 Å². The fraction of sp³-hybridized carbons (Fsp3) is 1.00. The van der Waals surface area contributed by atoms with Gasteiger partial charge in [-0.05, 0) is 33.4 Å². The molecule has 0 aromatic carbocycles. The Bertz CT molecular complexity index is 111. The Morgan fingerprint density at radius 3 is 2.54 bits per heavy atom. The zero-order valence-corrected chi connectivity index (χ0v) is 10.6. The number of alkyl halides is 1. The van der Waals surface area contributed by atoms with Crippen LogP contribution in [0.5, 0.6) is 0 Å². The van der Waals surface area contributed by atoms with Gasteiger partial charge in [0, 0.05) is 18.5 Å². The summed E-state index contributed by atoms with van der Waals surface area (Å²) in [7, 11) is 3.92. The zero-order chi connectivity index (χ0) is 10.1. The lowest BCUT2D eigenvalue weighted by atomic mass is 10.2. The van der Waals surface area contributed by atoms with E-state index in [2.05, 4.69) is 34.8 Å². The average molecular weight is 252 g/mol. The van der Waals surface area contributed by atoms with Crippen LogP contribution in [0.1, 0.15) is 26.2 Å². The van der Waals surface area contributed by atoms with E-state index in [-0.39, 0.29) is 0 Å². The first-order valence-corrected chi connectivity index (χ1v) is 6.09. The van der Waals surface area contributed by atoms with Crippen molar-refractivity contribution in [3.63, 3.8) is 0 Å². The Kier molecular flexibility index (Phi) is 9.25. The fourth-order valence-electron chi connectivity index (χ4n) is 1.22. The topological polar surface area (TPSA) is 12.5 Å². The van der Waals surface area contributed by atoms with Crippen molar-refractivity contribution in [3.8, 4) is 0 Å². The van der Waals surface area contributed by atoms with Crippen molar-refractivity contribution in [2.24, 2.45) is 0 Å². The molecule has 0 saturated heterocycles. The van der Waals surface area contributed by atoms with Gasteiger partial charge >= 0.3 is 0 Å². The maximum atomic E-state index is 5.10. The van der Waals surface area contributed by atoms with E-state index in [0.29, 0.717) is 6.04 Å². The molecule has 0 aliphatic carbocycles. The molecule has 0 N–H and O–H groups in total. The van der Waals surface area contributed by atoms with Crippen LogP contribution in [0.15, 0.2) is 0 Å². The molecule has 13 heavy (non-hydrogen) atoms. The van der Waals surface area contributed by atoms with Gasteiger partial charge in [-0.2, -0.15) is 0 Å². The number of nitrogens with zero attached hydrogens (tertiary/aromatic N) is 1. The molecule has 0 bridgehead atoms. The molecule has 3 heteroatoms. The van der Waals surface area contributed by atoms with Gasteiger partial charge in [0.2, 0.25) is 0 Å². The van der Waals surface area contributed by atoms with Crippen LogP contribution < -0.4 is 0 Å². The number of ether oxygens (including phenoxy) is 1. The number of unbranched alkanes of at least 4 members (excludes halogenated alkanes) is 2. The van der Waals surface area contributed by atoms with Crippen molar-refractivity contribution in [1.82, 2.24) is 4.90 Å². The van der Waals surface area contributed by atoms with Gasteiger partial charge in [0.1, 0.15) is 0 Å².